The van der Waals surface area contributed by atoms with Crippen molar-refractivity contribution in [1.82, 2.24) is 4.90 Å². The first-order valence-electron chi connectivity index (χ1n) is 5.22. The van der Waals surface area contributed by atoms with Crippen molar-refractivity contribution in [3.8, 4) is 0 Å². The summed E-state index contributed by atoms with van der Waals surface area (Å²) in [6.07, 6.45) is 3.43. The van der Waals surface area contributed by atoms with Crippen LogP contribution < -0.4 is 0 Å². The lowest BCUT2D eigenvalue weighted by molar-refractivity contribution is -0.127. The molecule has 1 fully saturated rings. The smallest absolute Gasteiger partial charge is 0.222 e. The molecule has 4 heteroatoms. The molecule has 0 radical (unpaired) electrons. The summed E-state index contributed by atoms with van der Waals surface area (Å²) in [6, 6.07) is 0. The highest BCUT2D eigenvalue weighted by Gasteiger charge is 2.27. The predicted octanol–water partition coefficient (Wildman–Crippen LogP) is 1.24. The molecule has 0 aliphatic carbocycles. The van der Waals surface area contributed by atoms with Crippen molar-refractivity contribution in [2.75, 3.05) is 25.6 Å². The van der Waals surface area contributed by atoms with Gasteiger partial charge in [0, 0.05) is 32.0 Å². The number of rotatable bonds is 6. The van der Waals surface area contributed by atoms with E-state index in [0.29, 0.717) is 18.2 Å². The van der Waals surface area contributed by atoms with Crippen LogP contribution in [0.25, 0.3) is 0 Å². The zero-order valence-corrected chi connectivity index (χ0v) is 9.17. The fraction of sp³-hybridized carbons (Fsp3) is 0.900. The van der Waals surface area contributed by atoms with E-state index < -0.39 is 0 Å². The summed E-state index contributed by atoms with van der Waals surface area (Å²) >= 11 is 5.71. The van der Waals surface area contributed by atoms with E-state index in [1.54, 1.807) is 0 Å². The van der Waals surface area contributed by atoms with Crippen molar-refractivity contribution in [3.63, 3.8) is 0 Å². The number of carbonyl (C=O) groups excluding carboxylic acids is 1. The minimum absolute atomic E-state index is 0.236. The Kier molecular flexibility index (Phi) is 5.26. The molecule has 0 spiro atoms. The summed E-state index contributed by atoms with van der Waals surface area (Å²) in [5.74, 6) is 1.17. The monoisotopic (exact) mass is 219 g/mol. The quantitative estimate of drug-likeness (QED) is 0.540. The average Bonchev–Trinajstić information content (AvgIpc) is 2.54. The summed E-state index contributed by atoms with van der Waals surface area (Å²) in [5, 5.41) is 8.59. The molecule has 14 heavy (non-hydrogen) atoms. The maximum Gasteiger partial charge on any atom is 0.222 e. The minimum atomic E-state index is 0.236. The number of hydrogen-bond acceptors (Lipinski definition) is 2. The van der Waals surface area contributed by atoms with Gasteiger partial charge < -0.3 is 10.0 Å². The number of aliphatic hydroxyl groups excluding tert-OH is 1. The first-order valence-corrected chi connectivity index (χ1v) is 5.76. The van der Waals surface area contributed by atoms with Gasteiger partial charge in [-0.1, -0.05) is 0 Å². The molecule has 82 valence electrons. The Morgan fingerprint density at radius 3 is 2.79 bits per heavy atom. The zero-order valence-electron chi connectivity index (χ0n) is 8.41. The molecule has 1 unspecified atom stereocenters. The number of aliphatic hydroxyl groups is 1. The normalized spacial score (nSPS) is 22.0. The van der Waals surface area contributed by atoms with Crippen molar-refractivity contribution in [3.05, 3.63) is 0 Å². The van der Waals surface area contributed by atoms with Gasteiger partial charge >= 0.3 is 0 Å². The van der Waals surface area contributed by atoms with E-state index in [1.165, 1.54) is 0 Å². The van der Waals surface area contributed by atoms with E-state index in [9.17, 15) is 4.79 Å². The number of carbonyl (C=O) groups is 1. The van der Waals surface area contributed by atoms with E-state index >= 15 is 0 Å². The van der Waals surface area contributed by atoms with Gasteiger partial charge in [0.05, 0.1) is 0 Å². The van der Waals surface area contributed by atoms with Crippen LogP contribution in [-0.2, 0) is 4.79 Å². The fourth-order valence-corrected chi connectivity index (χ4v) is 1.97. The Balaban J connectivity index is 2.15. The van der Waals surface area contributed by atoms with Gasteiger partial charge in [0.15, 0.2) is 0 Å². The molecule has 1 N–H and O–H groups in total. The molecular formula is C10H18ClNO2. The third kappa shape index (κ3) is 3.46. The maximum atomic E-state index is 11.4. The van der Waals surface area contributed by atoms with E-state index in [2.05, 4.69) is 0 Å². The Morgan fingerprint density at radius 1 is 1.43 bits per heavy atom. The molecule has 1 amide bonds. The van der Waals surface area contributed by atoms with Crippen molar-refractivity contribution in [2.24, 2.45) is 5.92 Å². The van der Waals surface area contributed by atoms with Gasteiger partial charge in [0.1, 0.15) is 0 Å². The SMILES string of the molecule is O=C1CC(CCl)CN1CCCCCO. The van der Waals surface area contributed by atoms with Gasteiger partial charge in [-0.2, -0.15) is 0 Å². The highest BCUT2D eigenvalue weighted by atomic mass is 35.5. The second-order valence-electron chi connectivity index (χ2n) is 3.85. The highest BCUT2D eigenvalue weighted by Crippen LogP contribution is 2.19. The van der Waals surface area contributed by atoms with Crippen LogP contribution in [0.1, 0.15) is 25.7 Å². The van der Waals surface area contributed by atoms with Gasteiger partial charge in [0.2, 0.25) is 5.91 Å². The molecule has 1 atom stereocenters. The van der Waals surface area contributed by atoms with Crippen molar-refractivity contribution < 1.29 is 9.90 Å². The molecule has 1 aliphatic rings. The molecule has 1 aliphatic heterocycles. The number of likely N-dealkylation sites (tertiary alicyclic amines) is 1. The van der Waals surface area contributed by atoms with Crippen LogP contribution in [0.15, 0.2) is 0 Å². The van der Waals surface area contributed by atoms with Crippen LogP contribution in [0, 0.1) is 5.92 Å². The average molecular weight is 220 g/mol. The van der Waals surface area contributed by atoms with Gasteiger partial charge in [-0.25, -0.2) is 0 Å². The second-order valence-corrected chi connectivity index (χ2v) is 4.16. The number of halogens is 1. The lowest BCUT2D eigenvalue weighted by Gasteiger charge is -2.15. The Labute approximate surface area is 90.0 Å². The van der Waals surface area contributed by atoms with Gasteiger partial charge in [-0.3, -0.25) is 4.79 Å². The molecule has 3 nitrogen and oxygen atoms in total. The molecule has 0 bridgehead atoms. The lowest BCUT2D eigenvalue weighted by atomic mass is 10.1. The summed E-state index contributed by atoms with van der Waals surface area (Å²) in [7, 11) is 0. The molecule has 1 rings (SSSR count). The molecule has 0 aromatic carbocycles. The van der Waals surface area contributed by atoms with Crippen LogP contribution in [0.5, 0.6) is 0 Å². The van der Waals surface area contributed by atoms with E-state index in [4.69, 9.17) is 16.7 Å². The Bertz CT molecular complexity index is 187. The molecule has 0 saturated carbocycles. The lowest BCUT2D eigenvalue weighted by Crippen LogP contribution is -2.26. The summed E-state index contributed by atoms with van der Waals surface area (Å²) in [6.45, 7) is 1.89. The van der Waals surface area contributed by atoms with Crippen LogP contribution in [-0.4, -0.2) is 41.5 Å². The van der Waals surface area contributed by atoms with Crippen LogP contribution in [0.4, 0.5) is 0 Å². The number of hydrogen-bond donors (Lipinski definition) is 1. The second kappa shape index (κ2) is 6.25. The predicted molar refractivity (Wildman–Crippen MR) is 56.3 cm³/mol. The fourth-order valence-electron chi connectivity index (χ4n) is 1.76. The summed E-state index contributed by atoms with van der Waals surface area (Å²) < 4.78 is 0. The minimum Gasteiger partial charge on any atom is -0.396 e. The molecule has 0 aromatic rings. The van der Waals surface area contributed by atoms with Crippen molar-refractivity contribution in [1.29, 1.82) is 0 Å². The largest absolute Gasteiger partial charge is 0.396 e. The zero-order chi connectivity index (χ0) is 10.4. The summed E-state index contributed by atoms with van der Waals surface area (Å²) in [5.41, 5.74) is 0. The van der Waals surface area contributed by atoms with E-state index in [1.807, 2.05) is 4.90 Å². The topological polar surface area (TPSA) is 40.5 Å². The molecule has 1 saturated heterocycles. The standard InChI is InChI=1S/C10H18ClNO2/c11-7-9-6-10(14)12(8-9)4-2-1-3-5-13/h9,13H,1-8H2. The van der Waals surface area contributed by atoms with Gasteiger partial charge in [0.25, 0.3) is 0 Å². The first kappa shape index (κ1) is 11.8. The van der Waals surface area contributed by atoms with Crippen molar-refractivity contribution >= 4 is 17.5 Å². The third-order valence-corrected chi connectivity index (χ3v) is 3.04. The van der Waals surface area contributed by atoms with E-state index in [0.717, 1.165) is 32.4 Å². The Hall–Kier alpha value is -0.280. The number of nitrogens with zero attached hydrogens (tertiary/aromatic N) is 1. The van der Waals surface area contributed by atoms with Crippen LogP contribution in [0.2, 0.25) is 0 Å². The third-order valence-electron chi connectivity index (χ3n) is 2.60. The molecule has 0 aromatic heterocycles. The summed E-state index contributed by atoms with van der Waals surface area (Å²) in [4.78, 5) is 13.3. The molecular weight excluding hydrogens is 202 g/mol. The number of unbranched alkanes of at least 4 members (excludes halogenated alkanes) is 2. The maximum absolute atomic E-state index is 11.4. The van der Waals surface area contributed by atoms with Crippen LogP contribution >= 0.6 is 11.6 Å². The number of alkyl halides is 1. The van der Waals surface area contributed by atoms with Gasteiger partial charge in [-0.05, 0) is 25.2 Å². The van der Waals surface area contributed by atoms with Crippen molar-refractivity contribution in [2.45, 2.75) is 25.7 Å². The number of amides is 1. The molecule has 1 heterocycles. The Morgan fingerprint density at radius 2 is 2.21 bits per heavy atom. The first-order chi connectivity index (χ1) is 6.77. The highest BCUT2D eigenvalue weighted by molar-refractivity contribution is 6.18. The van der Waals surface area contributed by atoms with Gasteiger partial charge in [-0.15, -0.1) is 11.6 Å². The van der Waals surface area contributed by atoms with E-state index in [-0.39, 0.29) is 12.5 Å². The van der Waals surface area contributed by atoms with Crippen LogP contribution in [0.3, 0.4) is 0 Å².